The van der Waals surface area contributed by atoms with Crippen molar-refractivity contribution < 1.29 is 11.0 Å². The van der Waals surface area contributed by atoms with E-state index in [1.807, 2.05) is 133 Å². The van der Waals surface area contributed by atoms with Crippen LogP contribution in [0.3, 0.4) is 0 Å². The third-order valence-corrected chi connectivity index (χ3v) is 11.5. The van der Waals surface area contributed by atoms with Crippen LogP contribution in [0.1, 0.15) is 11.0 Å². The summed E-state index contributed by atoms with van der Waals surface area (Å²) in [5.74, 6) is 0.996. The maximum absolute atomic E-state index is 9.53. The van der Waals surface area contributed by atoms with Crippen LogP contribution in [-0.2, 0) is 0 Å². The van der Waals surface area contributed by atoms with Gasteiger partial charge in [-0.25, -0.2) is 15.0 Å². The highest BCUT2D eigenvalue weighted by atomic mass is 15.1. The Kier molecular flexibility index (Phi) is 6.42. The summed E-state index contributed by atoms with van der Waals surface area (Å²) < 4.78 is 74.7. The first-order valence-corrected chi connectivity index (χ1v) is 20.0. The van der Waals surface area contributed by atoms with Gasteiger partial charge in [0.25, 0.3) is 0 Å². The number of fused-ring (bicyclic) bond motifs is 9. The van der Waals surface area contributed by atoms with Crippen LogP contribution in [0, 0.1) is 0 Å². The molecular weight excluding hydrogens is 741 g/mol. The lowest BCUT2D eigenvalue weighted by molar-refractivity contribution is 1.06. The first-order chi connectivity index (χ1) is 33.6. The third kappa shape index (κ3) is 5.80. The van der Waals surface area contributed by atoms with Gasteiger partial charge in [-0.15, -0.1) is 0 Å². The Morgan fingerprint density at radius 2 is 0.738 bits per heavy atom. The van der Waals surface area contributed by atoms with Crippen molar-refractivity contribution in [1.29, 1.82) is 0 Å². The fourth-order valence-corrected chi connectivity index (χ4v) is 8.70. The number of para-hydroxylation sites is 3. The van der Waals surface area contributed by atoms with E-state index in [4.69, 9.17) is 20.4 Å². The molecule has 0 aliphatic carbocycles. The fourth-order valence-electron chi connectivity index (χ4n) is 8.70. The van der Waals surface area contributed by atoms with Crippen molar-refractivity contribution in [3.63, 3.8) is 0 Å². The Morgan fingerprint density at radius 1 is 0.311 bits per heavy atom. The van der Waals surface area contributed by atoms with Gasteiger partial charge in [-0.2, -0.15) is 0 Å². The highest BCUT2D eigenvalue weighted by Crippen LogP contribution is 2.43. The van der Waals surface area contributed by atoms with Gasteiger partial charge < -0.3 is 4.57 Å². The van der Waals surface area contributed by atoms with Gasteiger partial charge in [0.15, 0.2) is 17.5 Å². The highest BCUT2D eigenvalue weighted by Gasteiger charge is 2.23. The lowest BCUT2D eigenvalue weighted by atomic mass is 9.91. The molecule has 0 saturated heterocycles. The number of nitrogens with zero attached hydrogens (tertiary/aromatic N) is 4. The van der Waals surface area contributed by atoms with Crippen molar-refractivity contribution in [3.05, 3.63) is 218 Å². The molecule has 0 radical (unpaired) electrons. The summed E-state index contributed by atoms with van der Waals surface area (Å²) in [5, 5.41) is 6.31. The highest BCUT2D eigenvalue weighted by molar-refractivity contribution is 6.26. The van der Waals surface area contributed by atoms with Crippen molar-refractivity contribution in [1.82, 2.24) is 19.5 Å². The van der Waals surface area contributed by atoms with Crippen LogP contribution >= 0.6 is 0 Å². The number of rotatable bonds is 6. The molecule has 0 saturated carbocycles. The molecule has 284 valence electrons. The van der Waals surface area contributed by atoms with Gasteiger partial charge in [0.2, 0.25) is 0 Å². The SMILES string of the molecule is [2H]c1c([2H])c([2H])c2c(c1[2H])c1c([2H])c([2H])c([2H])c([2H])c1n2-c1c(-c2ccc3c4ccccc4c4ccccc4c3c2)cccc1-c1nc(-c2ccccc2)nc(-c2ccc(-c3ccccc3)cc2)n1. The van der Waals surface area contributed by atoms with Crippen molar-refractivity contribution >= 4 is 54.1 Å². The van der Waals surface area contributed by atoms with Crippen LogP contribution in [0.5, 0.6) is 0 Å². The van der Waals surface area contributed by atoms with E-state index >= 15 is 0 Å². The minimum atomic E-state index is -0.519. The molecule has 12 rings (SSSR count). The fraction of sp³-hybridized carbons (Fsp3) is 0. The van der Waals surface area contributed by atoms with Gasteiger partial charge in [-0.1, -0.05) is 194 Å². The lowest BCUT2D eigenvalue weighted by Crippen LogP contribution is -2.05. The number of hydrogen-bond donors (Lipinski definition) is 0. The van der Waals surface area contributed by atoms with Crippen molar-refractivity contribution in [2.75, 3.05) is 0 Å². The quantitative estimate of drug-likeness (QED) is 0.158. The molecule has 0 amide bonds. The predicted octanol–water partition coefficient (Wildman–Crippen LogP) is 14.8. The molecule has 10 aromatic carbocycles. The van der Waals surface area contributed by atoms with Crippen LogP contribution in [0.15, 0.2) is 218 Å². The Bertz CT molecular complexity index is 3990. The first kappa shape index (κ1) is 27.5. The molecule has 4 nitrogen and oxygen atoms in total. The van der Waals surface area contributed by atoms with Gasteiger partial charge in [-0.3, -0.25) is 0 Å². The maximum Gasteiger partial charge on any atom is 0.166 e. The topological polar surface area (TPSA) is 43.6 Å². The second-order valence-electron chi connectivity index (χ2n) is 15.0. The summed E-state index contributed by atoms with van der Waals surface area (Å²) >= 11 is 0. The number of benzene rings is 10. The van der Waals surface area contributed by atoms with Crippen LogP contribution in [0.2, 0.25) is 0 Å². The zero-order chi connectivity index (χ0) is 47.2. The Hall–Kier alpha value is -8.21. The normalized spacial score (nSPS) is 13.4. The average Bonchev–Trinajstić information content (AvgIpc) is 3.77. The molecule has 61 heavy (non-hydrogen) atoms. The number of hydrogen-bond acceptors (Lipinski definition) is 3. The van der Waals surface area contributed by atoms with Gasteiger partial charge >= 0.3 is 0 Å². The van der Waals surface area contributed by atoms with Crippen molar-refractivity contribution in [2.45, 2.75) is 0 Å². The summed E-state index contributed by atoms with van der Waals surface area (Å²) in [4.78, 5) is 15.4. The van der Waals surface area contributed by atoms with E-state index in [-0.39, 0.29) is 27.6 Å². The molecule has 4 heteroatoms. The Morgan fingerprint density at radius 3 is 1.34 bits per heavy atom. The van der Waals surface area contributed by atoms with Crippen LogP contribution in [0.4, 0.5) is 0 Å². The van der Waals surface area contributed by atoms with Gasteiger partial charge in [0, 0.05) is 33.0 Å². The summed E-state index contributed by atoms with van der Waals surface area (Å²) in [6.45, 7) is 0. The van der Waals surface area contributed by atoms with Gasteiger partial charge in [-0.05, 0) is 73.2 Å². The standard InChI is InChI=1S/C57H36N4/c1-3-16-37(17-4-1)38-30-32-40(33-31-38)56-58-55(39-18-5-2-6-19-39)59-57(60-56)50-27-15-26-42(54(50)61-52-28-13-11-24-48(52)49-25-12-14-29-53(49)61)41-34-35-47-45-22-8-7-20-43(45)44-21-9-10-23-46(44)51(47)36-41/h1-36H/i11D,12D,13D,14D,24D,25D,28D,29D. The second kappa shape index (κ2) is 14.3. The second-order valence-corrected chi connectivity index (χ2v) is 15.0. The minimum absolute atomic E-state index is 0.0111. The number of aromatic nitrogens is 4. The smallest absolute Gasteiger partial charge is 0.166 e. The summed E-state index contributed by atoms with van der Waals surface area (Å²) in [6, 6.07) is 52.4. The molecule has 0 spiro atoms. The summed E-state index contributed by atoms with van der Waals surface area (Å²) in [5.41, 5.74) is 5.63. The zero-order valence-electron chi connectivity index (χ0n) is 40.5. The maximum atomic E-state index is 9.53. The van der Waals surface area contributed by atoms with Crippen molar-refractivity contribution in [3.8, 4) is 62.1 Å². The van der Waals surface area contributed by atoms with E-state index in [9.17, 15) is 5.48 Å². The summed E-state index contributed by atoms with van der Waals surface area (Å²) in [7, 11) is 0. The first-order valence-electron chi connectivity index (χ1n) is 24.0. The van der Waals surface area contributed by atoms with E-state index in [0.717, 1.165) is 60.1 Å². The zero-order valence-corrected chi connectivity index (χ0v) is 32.5. The molecule has 12 aromatic rings. The molecule has 0 atom stereocenters. The molecule has 0 aliphatic rings. The monoisotopic (exact) mass is 784 g/mol. The van der Waals surface area contributed by atoms with E-state index < -0.39 is 48.3 Å². The average molecular weight is 785 g/mol. The molecule has 0 N–H and O–H groups in total. The molecule has 0 aliphatic heterocycles. The van der Waals surface area contributed by atoms with Gasteiger partial charge in [0.1, 0.15) is 0 Å². The van der Waals surface area contributed by atoms with E-state index in [1.54, 1.807) is 4.57 Å². The van der Waals surface area contributed by atoms with E-state index in [1.165, 1.54) is 0 Å². The molecule has 2 heterocycles. The molecule has 2 aromatic heterocycles. The Labute approximate surface area is 364 Å². The van der Waals surface area contributed by atoms with Crippen LogP contribution < -0.4 is 0 Å². The molecule has 0 bridgehead atoms. The molecule has 0 unspecified atom stereocenters. The van der Waals surface area contributed by atoms with Crippen LogP contribution in [0.25, 0.3) is 116 Å². The largest absolute Gasteiger partial charge is 0.308 e. The van der Waals surface area contributed by atoms with E-state index in [0.29, 0.717) is 28.5 Å². The minimum Gasteiger partial charge on any atom is -0.308 e. The van der Waals surface area contributed by atoms with Gasteiger partial charge in [0.05, 0.1) is 27.7 Å². The van der Waals surface area contributed by atoms with Crippen LogP contribution in [-0.4, -0.2) is 19.5 Å². The molecular formula is C57H36N4. The van der Waals surface area contributed by atoms with E-state index in [2.05, 4.69) is 36.4 Å². The third-order valence-electron chi connectivity index (χ3n) is 11.5. The summed E-state index contributed by atoms with van der Waals surface area (Å²) in [6.07, 6.45) is 0. The van der Waals surface area contributed by atoms with Crippen molar-refractivity contribution in [2.24, 2.45) is 0 Å². The lowest BCUT2D eigenvalue weighted by Gasteiger charge is -2.19. The predicted molar refractivity (Wildman–Crippen MR) is 254 cm³/mol. The Balaban J connectivity index is 1.23. The molecule has 0 fully saturated rings.